The first kappa shape index (κ1) is 24.1. The van der Waals surface area contributed by atoms with E-state index in [0.29, 0.717) is 0 Å². The Balaban J connectivity index is 2.01. The van der Waals surface area contributed by atoms with E-state index in [1.807, 2.05) is 12.1 Å². The minimum atomic E-state index is 0.757. The molecule has 2 aromatic carbocycles. The maximum absolute atomic E-state index is 6.21. The zero-order chi connectivity index (χ0) is 21.6. The highest BCUT2D eigenvalue weighted by atomic mass is 32.1. The van der Waals surface area contributed by atoms with Crippen molar-refractivity contribution in [3.05, 3.63) is 77.4 Å². The van der Waals surface area contributed by atoms with E-state index in [9.17, 15) is 0 Å². The minimum Gasteiger partial charge on any atom is -0.493 e. The summed E-state index contributed by atoms with van der Waals surface area (Å²) in [6.45, 7) is 7.11. The van der Waals surface area contributed by atoms with E-state index in [1.54, 1.807) is 0 Å². The Labute approximate surface area is 188 Å². The molecule has 2 nitrogen and oxygen atoms in total. The number of thiol groups is 1. The number of allylic oxidation sites excluding steroid dienone is 2. The molecule has 0 heterocycles. The molecular formula is C27H36O2S. The first-order chi connectivity index (χ1) is 14.7. The molecule has 0 saturated carbocycles. The standard InChI is InChI=1S/C27H36O2S/c1-4-10-26(28-20-8-6-7-9-21-30)23-16-18-25(19-17-23)29-27(11-5-2)24-14-12-22(3)13-15-24/h10-19,30H,4-9,20-21H2,1-3H3/b26-10+,27-11+. The number of hydrogen-bond donors (Lipinski definition) is 1. The second-order valence-corrected chi connectivity index (χ2v) is 7.88. The predicted octanol–water partition coefficient (Wildman–Crippen LogP) is 8.08. The number of rotatable bonds is 13. The highest BCUT2D eigenvalue weighted by Gasteiger charge is 2.07. The van der Waals surface area contributed by atoms with E-state index in [2.05, 4.69) is 82.0 Å². The van der Waals surface area contributed by atoms with Gasteiger partial charge >= 0.3 is 0 Å². The molecule has 3 heteroatoms. The van der Waals surface area contributed by atoms with Crippen LogP contribution in [0.1, 0.15) is 69.1 Å². The lowest BCUT2D eigenvalue weighted by Crippen LogP contribution is -1.98. The van der Waals surface area contributed by atoms with Crippen LogP contribution in [-0.4, -0.2) is 12.4 Å². The van der Waals surface area contributed by atoms with Gasteiger partial charge in [0.2, 0.25) is 0 Å². The van der Waals surface area contributed by atoms with Gasteiger partial charge in [-0.25, -0.2) is 0 Å². The monoisotopic (exact) mass is 424 g/mol. The highest BCUT2D eigenvalue weighted by molar-refractivity contribution is 7.80. The van der Waals surface area contributed by atoms with Crippen molar-refractivity contribution >= 4 is 24.1 Å². The van der Waals surface area contributed by atoms with Gasteiger partial charge in [-0.3, -0.25) is 0 Å². The molecule has 0 unspecified atom stereocenters. The van der Waals surface area contributed by atoms with Gasteiger partial charge in [0.05, 0.1) is 6.61 Å². The van der Waals surface area contributed by atoms with Crippen LogP contribution < -0.4 is 4.74 Å². The van der Waals surface area contributed by atoms with Crippen molar-refractivity contribution in [2.75, 3.05) is 12.4 Å². The molecule has 0 atom stereocenters. The Morgan fingerprint density at radius 1 is 0.767 bits per heavy atom. The van der Waals surface area contributed by atoms with E-state index >= 15 is 0 Å². The molecule has 0 N–H and O–H groups in total. The molecule has 0 spiro atoms. The fraction of sp³-hybridized carbons (Fsp3) is 0.407. The van der Waals surface area contributed by atoms with Crippen LogP contribution in [0.15, 0.2) is 60.7 Å². The number of unbranched alkanes of at least 4 members (excludes halogenated alkanes) is 3. The van der Waals surface area contributed by atoms with E-state index in [1.165, 1.54) is 24.8 Å². The summed E-state index contributed by atoms with van der Waals surface area (Å²) in [5.41, 5.74) is 3.44. The molecule has 0 amide bonds. The van der Waals surface area contributed by atoms with E-state index in [0.717, 1.165) is 60.0 Å². The van der Waals surface area contributed by atoms with E-state index in [-0.39, 0.29) is 0 Å². The third-order valence-corrected chi connectivity index (χ3v) is 5.11. The molecule has 0 aromatic heterocycles. The van der Waals surface area contributed by atoms with Gasteiger partial charge in [0, 0.05) is 11.1 Å². The van der Waals surface area contributed by atoms with Crippen LogP contribution >= 0.6 is 12.6 Å². The smallest absolute Gasteiger partial charge is 0.130 e. The van der Waals surface area contributed by atoms with Crippen molar-refractivity contribution in [3.8, 4) is 5.75 Å². The van der Waals surface area contributed by atoms with E-state index < -0.39 is 0 Å². The quantitative estimate of drug-likeness (QED) is 0.199. The van der Waals surface area contributed by atoms with Crippen molar-refractivity contribution < 1.29 is 9.47 Å². The summed E-state index contributed by atoms with van der Waals surface area (Å²) in [5.74, 6) is 3.66. The number of ether oxygens (including phenoxy) is 2. The summed E-state index contributed by atoms with van der Waals surface area (Å²) in [5, 5.41) is 0. The summed E-state index contributed by atoms with van der Waals surface area (Å²) in [6.07, 6.45) is 10.8. The summed E-state index contributed by atoms with van der Waals surface area (Å²) in [7, 11) is 0. The second kappa shape index (κ2) is 14.0. The first-order valence-electron chi connectivity index (χ1n) is 11.2. The van der Waals surface area contributed by atoms with Gasteiger partial charge in [0.1, 0.15) is 17.3 Å². The van der Waals surface area contributed by atoms with Crippen molar-refractivity contribution in [2.24, 2.45) is 0 Å². The second-order valence-electron chi connectivity index (χ2n) is 7.43. The van der Waals surface area contributed by atoms with E-state index in [4.69, 9.17) is 9.47 Å². The maximum Gasteiger partial charge on any atom is 0.130 e. The minimum absolute atomic E-state index is 0.757. The zero-order valence-corrected chi connectivity index (χ0v) is 19.6. The summed E-state index contributed by atoms with van der Waals surface area (Å²) >= 11 is 4.26. The van der Waals surface area contributed by atoms with Gasteiger partial charge in [0.25, 0.3) is 0 Å². The molecule has 2 rings (SSSR count). The van der Waals surface area contributed by atoms with Gasteiger partial charge in [-0.15, -0.1) is 0 Å². The molecule has 162 valence electrons. The van der Waals surface area contributed by atoms with Gasteiger partial charge in [-0.2, -0.15) is 12.6 Å². The fourth-order valence-corrected chi connectivity index (χ4v) is 3.35. The van der Waals surface area contributed by atoms with Crippen LogP contribution in [0.5, 0.6) is 5.75 Å². The Bertz CT molecular complexity index is 789. The van der Waals surface area contributed by atoms with Crippen LogP contribution in [0.2, 0.25) is 0 Å². The third kappa shape index (κ3) is 8.31. The molecule has 0 saturated heterocycles. The maximum atomic E-state index is 6.21. The average molecular weight is 425 g/mol. The van der Waals surface area contributed by atoms with Crippen LogP contribution in [-0.2, 0) is 4.74 Å². The van der Waals surface area contributed by atoms with Gasteiger partial charge in [0.15, 0.2) is 0 Å². The Morgan fingerprint density at radius 3 is 1.97 bits per heavy atom. The molecule has 0 aliphatic rings. The number of hydrogen-bond acceptors (Lipinski definition) is 3. The Kier molecular flexibility index (Phi) is 11.2. The summed E-state index contributed by atoms with van der Waals surface area (Å²) in [6, 6.07) is 16.6. The van der Waals surface area contributed by atoms with Gasteiger partial charge < -0.3 is 9.47 Å². The SMILES string of the molecule is CC/C=C(/OCCCCCCS)c1ccc(O/C(=C/CC)c2ccc(C)cc2)cc1. The molecule has 0 aliphatic heterocycles. The van der Waals surface area contributed by atoms with Crippen molar-refractivity contribution in [1.29, 1.82) is 0 Å². The van der Waals surface area contributed by atoms with Gasteiger partial charge in [-0.05, 0) is 74.8 Å². The topological polar surface area (TPSA) is 18.5 Å². The number of benzene rings is 2. The lowest BCUT2D eigenvalue weighted by atomic mass is 10.1. The fourth-order valence-electron chi connectivity index (χ4n) is 3.13. The lowest BCUT2D eigenvalue weighted by molar-refractivity contribution is 0.266. The zero-order valence-electron chi connectivity index (χ0n) is 18.7. The third-order valence-electron chi connectivity index (χ3n) is 4.79. The summed E-state index contributed by atoms with van der Waals surface area (Å²) in [4.78, 5) is 0. The average Bonchev–Trinajstić information content (AvgIpc) is 2.76. The molecule has 0 aliphatic carbocycles. The van der Waals surface area contributed by atoms with Crippen molar-refractivity contribution in [2.45, 2.75) is 59.3 Å². The Hall–Kier alpha value is -2.13. The number of aryl methyl sites for hydroxylation is 1. The van der Waals surface area contributed by atoms with Crippen LogP contribution in [0.4, 0.5) is 0 Å². The Morgan fingerprint density at radius 2 is 1.33 bits per heavy atom. The molecule has 2 aromatic rings. The van der Waals surface area contributed by atoms with Gasteiger partial charge in [-0.1, -0.05) is 56.5 Å². The first-order valence-corrected chi connectivity index (χ1v) is 11.8. The van der Waals surface area contributed by atoms with Crippen molar-refractivity contribution in [1.82, 2.24) is 0 Å². The molecule has 0 radical (unpaired) electrons. The predicted molar refractivity (Wildman–Crippen MR) is 133 cm³/mol. The largest absolute Gasteiger partial charge is 0.493 e. The molecule has 30 heavy (non-hydrogen) atoms. The highest BCUT2D eigenvalue weighted by Crippen LogP contribution is 2.25. The van der Waals surface area contributed by atoms with Crippen LogP contribution in [0.3, 0.4) is 0 Å². The van der Waals surface area contributed by atoms with Crippen LogP contribution in [0, 0.1) is 6.92 Å². The molecular weight excluding hydrogens is 388 g/mol. The van der Waals surface area contributed by atoms with Crippen molar-refractivity contribution in [3.63, 3.8) is 0 Å². The normalized spacial score (nSPS) is 12.1. The molecule has 0 fully saturated rings. The summed E-state index contributed by atoms with van der Waals surface area (Å²) < 4.78 is 12.3. The lowest BCUT2D eigenvalue weighted by Gasteiger charge is -2.13. The van der Waals surface area contributed by atoms with Crippen LogP contribution in [0.25, 0.3) is 11.5 Å². The molecule has 0 bridgehead atoms.